The predicted octanol–water partition coefficient (Wildman–Crippen LogP) is -0.139. The van der Waals surface area contributed by atoms with Gasteiger partial charge in [-0.15, -0.1) is 25.3 Å². The van der Waals surface area contributed by atoms with E-state index in [4.69, 9.17) is 0 Å². The van der Waals surface area contributed by atoms with Crippen LogP contribution in [0.3, 0.4) is 0 Å². The van der Waals surface area contributed by atoms with E-state index < -0.39 is 0 Å². The number of aromatic nitrogens is 3. The molecule has 0 unspecified atom stereocenters. The van der Waals surface area contributed by atoms with Crippen LogP contribution in [-0.4, -0.2) is 22.8 Å². The van der Waals surface area contributed by atoms with Crippen molar-refractivity contribution in [1.82, 2.24) is 15.0 Å². The van der Waals surface area contributed by atoms with Crippen molar-refractivity contribution in [3.63, 3.8) is 0 Å². The summed E-state index contributed by atoms with van der Waals surface area (Å²) in [6.45, 7) is 0. The van der Waals surface area contributed by atoms with E-state index in [2.05, 4.69) is 40.2 Å². The molecule has 0 N–H and O–H groups in total. The van der Waals surface area contributed by atoms with E-state index in [1.54, 1.807) is 6.20 Å². The zero-order valence-corrected chi connectivity index (χ0v) is 8.68. The molecule has 0 aliphatic rings. The Balaban J connectivity index is 2.94. The Morgan fingerprint density at radius 2 is 1.85 bits per heavy atom. The minimum Gasteiger partial charge on any atom is -0.252 e. The normalized spacial score (nSPS) is 10.6. The van der Waals surface area contributed by atoms with Crippen LogP contribution in [0.25, 0.3) is 11.0 Å². The molecule has 0 spiro atoms. The SMILES string of the molecule is Bc1ncnc2c(S)c(S)cnc12. The zero-order valence-electron chi connectivity index (χ0n) is 6.89. The summed E-state index contributed by atoms with van der Waals surface area (Å²) in [7, 11) is 1.89. The molecule has 0 saturated heterocycles. The molecule has 6 heteroatoms. The number of thiol groups is 2. The maximum atomic E-state index is 4.30. The van der Waals surface area contributed by atoms with Crippen molar-refractivity contribution >= 4 is 49.7 Å². The third-order valence-electron chi connectivity index (χ3n) is 1.79. The second kappa shape index (κ2) is 3.19. The highest BCUT2D eigenvalue weighted by atomic mass is 32.1. The third-order valence-corrected chi connectivity index (χ3v) is 2.76. The lowest BCUT2D eigenvalue weighted by atomic mass is 10.0. The van der Waals surface area contributed by atoms with E-state index in [0.29, 0.717) is 0 Å². The maximum absolute atomic E-state index is 4.30. The van der Waals surface area contributed by atoms with Gasteiger partial charge in [-0.1, -0.05) is 0 Å². The van der Waals surface area contributed by atoms with E-state index in [1.807, 2.05) is 7.85 Å². The molecular formula is C7H6BN3S2. The van der Waals surface area contributed by atoms with Crippen molar-refractivity contribution in [2.24, 2.45) is 0 Å². The van der Waals surface area contributed by atoms with Crippen molar-refractivity contribution in [2.75, 3.05) is 0 Å². The van der Waals surface area contributed by atoms with Gasteiger partial charge in [0.2, 0.25) is 0 Å². The lowest BCUT2D eigenvalue weighted by Gasteiger charge is -2.03. The Hall–Kier alpha value is -0.745. The highest BCUT2D eigenvalue weighted by molar-refractivity contribution is 7.83. The van der Waals surface area contributed by atoms with E-state index in [1.165, 1.54) is 6.33 Å². The second-order valence-electron chi connectivity index (χ2n) is 2.65. The Morgan fingerprint density at radius 1 is 1.08 bits per heavy atom. The van der Waals surface area contributed by atoms with Gasteiger partial charge < -0.3 is 0 Å². The molecule has 2 rings (SSSR count). The molecule has 2 aromatic rings. The molecule has 64 valence electrons. The lowest BCUT2D eigenvalue weighted by molar-refractivity contribution is 1.14. The van der Waals surface area contributed by atoms with Crippen molar-refractivity contribution in [3.8, 4) is 0 Å². The van der Waals surface area contributed by atoms with Crippen LogP contribution in [0.4, 0.5) is 0 Å². The Kier molecular flexibility index (Phi) is 2.17. The van der Waals surface area contributed by atoms with Crippen LogP contribution in [-0.2, 0) is 0 Å². The van der Waals surface area contributed by atoms with E-state index in [9.17, 15) is 0 Å². The standard InChI is InChI=1S/C7H6BN3S2/c8-7-5-4(10-2-11-7)6(13)3(12)1-9-5/h1-2,12H,8H2,(H,9,13). The Labute approximate surface area is 87.2 Å². The van der Waals surface area contributed by atoms with Crippen LogP contribution in [0.1, 0.15) is 0 Å². The smallest absolute Gasteiger partial charge is 0.167 e. The van der Waals surface area contributed by atoms with Crippen LogP contribution in [0.15, 0.2) is 22.3 Å². The van der Waals surface area contributed by atoms with E-state index in [0.717, 1.165) is 26.4 Å². The molecule has 0 saturated carbocycles. The summed E-state index contributed by atoms with van der Waals surface area (Å²) in [5, 5.41) is 0. The first-order chi connectivity index (χ1) is 6.20. The van der Waals surface area contributed by atoms with Gasteiger partial charge in [0.15, 0.2) is 7.85 Å². The predicted molar refractivity (Wildman–Crippen MR) is 60.0 cm³/mol. The van der Waals surface area contributed by atoms with Gasteiger partial charge in [0.05, 0.1) is 0 Å². The van der Waals surface area contributed by atoms with Gasteiger partial charge in [0, 0.05) is 21.6 Å². The van der Waals surface area contributed by atoms with Crippen molar-refractivity contribution in [2.45, 2.75) is 9.79 Å². The van der Waals surface area contributed by atoms with Crippen LogP contribution in [0, 0.1) is 0 Å². The van der Waals surface area contributed by atoms with Crippen LogP contribution in [0.5, 0.6) is 0 Å². The largest absolute Gasteiger partial charge is 0.252 e. The molecule has 2 aromatic heterocycles. The first-order valence-corrected chi connectivity index (χ1v) is 4.58. The number of hydrogen-bond donors (Lipinski definition) is 2. The molecule has 0 bridgehead atoms. The molecule has 0 aliphatic carbocycles. The van der Waals surface area contributed by atoms with Crippen molar-refractivity contribution in [1.29, 1.82) is 0 Å². The quantitative estimate of drug-likeness (QED) is 0.466. The number of nitrogens with zero attached hydrogens (tertiary/aromatic N) is 3. The number of hydrogen-bond acceptors (Lipinski definition) is 5. The highest BCUT2D eigenvalue weighted by Crippen LogP contribution is 2.22. The molecular weight excluding hydrogens is 201 g/mol. The fourth-order valence-electron chi connectivity index (χ4n) is 1.10. The first-order valence-electron chi connectivity index (χ1n) is 3.68. The van der Waals surface area contributed by atoms with Crippen LogP contribution in [0.2, 0.25) is 0 Å². The van der Waals surface area contributed by atoms with Crippen LogP contribution >= 0.6 is 25.3 Å². The third kappa shape index (κ3) is 1.40. The average molecular weight is 207 g/mol. The number of fused-ring (bicyclic) bond motifs is 1. The minimum absolute atomic E-state index is 0.730. The summed E-state index contributed by atoms with van der Waals surface area (Å²) in [6.07, 6.45) is 3.16. The Morgan fingerprint density at radius 3 is 2.62 bits per heavy atom. The van der Waals surface area contributed by atoms with Gasteiger partial charge in [-0.05, 0) is 0 Å². The molecule has 0 fully saturated rings. The second-order valence-corrected chi connectivity index (χ2v) is 3.58. The number of pyridine rings is 1. The van der Waals surface area contributed by atoms with Gasteiger partial charge in [-0.2, -0.15) is 0 Å². The van der Waals surface area contributed by atoms with Gasteiger partial charge in [0.25, 0.3) is 0 Å². The summed E-state index contributed by atoms with van der Waals surface area (Å²) in [6, 6.07) is 0. The Bertz CT molecular complexity index is 474. The summed E-state index contributed by atoms with van der Waals surface area (Å²) >= 11 is 8.51. The molecule has 2 heterocycles. The van der Waals surface area contributed by atoms with Gasteiger partial charge >= 0.3 is 0 Å². The first kappa shape index (κ1) is 8.84. The molecule has 3 nitrogen and oxygen atoms in total. The molecule has 0 amide bonds. The summed E-state index contributed by atoms with van der Waals surface area (Å²) in [5.74, 6) is 0. The molecule has 13 heavy (non-hydrogen) atoms. The van der Waals surface area contributed by atoms with Gasteiger partial charge in [-0.25, -0.2) is 9.97 Å². The van der Waals surface area contributed by atoms with Gasteiger partial charge in [-0.3, -0.25) is 4.98 Å². The van der Waals surface area contributed by atoms with E-state index >= 15 is 0 Å². The topological polar surface area (TPSA) is 38.7 Å². The summed E-state index contributed by atoms with van der Waals surface area (Å²) in [5.41, 5.74) is 2.39. The fourth-order valence-corrected chi connectivity index (χ4v) is 1.49. The molecule has 0 radical (unpaired) electrons. The molecule has 0 aliphatic heterocycles. The van der Waals surface area contributed by atoms with Crippen LogP contribution < -0.4 is 5.59 Å². The lowest BCUT2D eigenvalue weighted by Crippen LogP contribution is -2.11. The van der Waals surface area contributed by atoms with Crippen molar-refractivity contribution < 1.29 is 0 Å². The van der Waals surface area contributed by atoms with Gasteiger partial charge in [0.1, 0.15) is 17.4 Å². The summed E-state index contributed by atoms with van der Waals surface area (Å²) in [4.78, 5) is 13.8. The molecule has 0 atom stereocenters. The monoisotopic (exact) mass is 207 g/mol. The average Bonchev–Trinajstić information content (AvgIpc) is 2.12. The number of rotatable bonds is 0. The zero-order chi connectivity index (χ0) is 9.42. The highest BCUT2D eigenvalue weighted by Gasteiger charge is 2.05. The maximum Gasteiger partial charge on any atom is 0.167 e. The molecule has 0 aromatic carbocycles. The fraction of sp³-hybridized carbons (Fsp3) is 0. The minimum atomic E-state index is 0.730. The summed E-state index contributed by atoms with van der Waals surface area (Å²) < 4.78 is 0. The van der Waals surface area contributed by atoms with Crippen molar-refractivity contribution in [3.05, 3.63) is 12.5 Å². The van der Waals surface area contributed by atoms with E-state index in [-0.39, 0.29) is 0 Å².